The number of imidazole rings is 1. The normalized spacial score (nSPS) is 16.1. The maximum Gasteiger partial charge on any atom is 0.151 e. The summed E-state index contributed by atoms with van der Waals surface area (Å²) in [4.78, 5) is 4.44. The highest BCUT2D eigenvalue weighted by atomic mass is 79.9. The Bertz CT molecular complexity index is 517. The van der Waals surface area contributed by atoms with Crippen molar-refractivity contribution in [3.8, 4) is 0 Å². The molecule has 3 rings (SSSR count). The van der Waals surface area contributed by atoms with Crippen LogP contribution in [0.5, 0.6) is 0 Å². The van der Waals surface area contributed by atoms with Crippen LogP contribution in [-0.2, 0) is 5.88 Å². The molecule has 2 nitrogen and oxygen atoms in total. The summed E-state index contributed by atoms with van der Waals surface area (Å²) < 4.78 is 3.12. The van der Waals surface area contributed by atoms with E-state index in [1.54, 1.807) is 0 Å². The van der Waals surface area contributed by atoms with Crippen molar-refractivity contribution in [2.24, 2.45) is 0 Å². The lowest BCUT2D eigenvalue weighted by molar-refractivity contribution is 1.05. The Morgan fingerprint density at radius 3 is 2.93 bits per heavy atom. The minimum atomic E-state index is 0.465. The van der Waals surface area contributed by atoms with Gasteiger partial charge >= 0.3 is 0 Å². The number of alkyl halides is 1. The van der Waals surface area contributed by atoms with E-state index in [0.717, 1.165) is 21.7 Å². The van der Waals surface area contributed by atoms with Crippen molar-refractivity contribution >= 4 is 33.2 Å². The number of aromatic nitrogens is 2. The van der Waals surface area contributed by atoms with Gasteiger partial charge in [-0.1, -0.05) is 0 Å². The zero-order chi connectivity index (χ0) is 10.4. The van der Waals surface area contributed by atoms with Gasteiger partial charge in [-0.2, -0.15) is 0 Å². The van der Waals surface area contributed by atoms with Crippen LogP contribution in [0, 0.1) is 0 Å². The van der Waals surface area contributed by atoms with E-state index in [-0.39, 0.29) is 0 Å². The quantitative estimate of drug-likeness (QED) is 0.769. The van der Waals surface area contributed by atoms with Crippen LogP contribution >= 0.6 is 27.5 Å². The first kappa shape index (κ1) is 9.67. The van der Waals surface area contributed by atoms with Gasteiger partial charge < -0.3 is 4.40 Å². The molecular formula is C11H10BrClN2. The molecule has 78 valence electrons. The molecule has 0 unspecified atom stereocenters. The van der Waals surface area contributed by atoms with Crippen molar-refractivity contribution in [3.63, 3.8) is 0 Å². The highest BCUT2D eigenvalue weighted by Crippen LogP contribution is 2.41. The minimum Gasteiger partial charge on any atom is -0.306 e. The molecule has 2 aromatic rings. The lowest BCUT2D eigenvalue weighted by Gasteiger charge is -2.01. The molecule has 2 aromatic heterocycles. The van der Waals surface area contributed by atoms with Crippen LogP contribution in [0.2, 0.25) is 0 Å². The van der Waals surface area contributed by atoms with Crippen LogP contribution in [0.3, 0.4) is 0 Å². The average Bonchev–Trinajstić information content (AvgIpc) is 2.98. The topological polar surface area (TPSA) is 17.3 Å². The van der Waals surface area contributed by atoms with Gasteiger partial charge in [0.05, 0.1) is 16.0 Å². The van der Waals surface area contributed by atoms with Gasteiger partial charge in [0.15, 0.2) is 5.65 Å². The fourth-order valence-corrected chi connectivity index (χ4v) is 2.52. The first-order chi connectivity index (χ1) is 7.28. The Kier molecular flexibility index (Phi) is 2.25. The third kappa shape index (κ3) is 1.68. The Labute approximate surface area is 101 Å². The number of halogens is 2. The molecule has 0 aliphatic heterocycles. The van der Waals surface area contributed by atoms with Crippen LogP contribution in [0.1, 0.15) is 30.0 Å². The van der Waals surface area contributed by atoms with E-state index in [2.05, 4.69) is 37.6 Å². The zero-order valence-electron chi connectivity index (χ0n) is 8.08. The minimum absolute atomic E-state index is 0.465. The second-order valence-electron chi connectivity index (χ2n) is 3.99. The van der Waals surface area contributed by atoms with Gasteiger partial charge in [-0.15, -0.1) is 11.6 Å². The highest BCUT2D eigenvalue weighted by Gasteiger charge is 2.24. The summed E-state index contributed by atoms with van der Waals surface area (Å²) in [5.41, 5.74) is 3.27. The molecule has 0 aromatic carbocycles. The molecule has 4 heteroatoms. The lowest BCUT2D eigenvalue weighted by atomic mass is 10.2. The second-order valence-corrected chi connectivity index (χ2v) is 5.11. The molecule has 0 spiro atoms. The van der Waals surface area contributed by atoms with Crippen LogP contribution < -0.4 is 0 Å². The molecule has 2 heterocycles. The van der Waals surface area contributed by atoms with Crippen molar-refractivity contribution in [1.29, 1.82) is 0 Å². The SMILES string of the molecule is ClCc1cn2cc(C3CC3)cc(Br)c2n1. The highest BCUT2D eigenvalue weighted by molar-refractivity contribution is 9.10. The predicted molar refractivity (Wildman–Crippen MR) is 64.4 cm³/mol. The molecule has 0 atom stereocenters. The number of hydrogen-bond acceptors (Lipinski definition) is 1. The number of rotatable bonds is 2. The van der Waals surface area contributed by atoms with E-state index >= 15 is 0 Å². The van der Waals surface area contributed by atoms with Gasteiger partial charge in [-0.25, -0.2) is 4.98 Å². The number of nitrogens with zero attached hydrogens (tertiary/aromatic N) is 2. The van der Waals surface area contributed by atoms with Gasteiger partial charge in [0.25, 0.3) is 0 Å². The van der Waals surface area contributed by atoms with Gasteiger partial charge in [-0.3, -0.25) is 0 Å². The van der Waals surface area contributed by atoms with Crippen LogP contribution in [-0.4, -0.2) is 9.38 Å². The smallest absolute Gasteiger partial charge is 0.151 e. The van der Waals surface area contributed by atoms with Crippen LogP contribution in [0.4, 0.5) is 0 Å². The van der Waals surface area contributed by atoms with E-state index in [1.807, 2.05) is 6.20 Å². The fraction of sp³-hybridized carbons (Fsp3) is 0.364. The molecule has 0 saturated heterocycles. The van der Waals surface area contributed by atoms with E-state index < -0.39 is 0 Å². The van der Waals surface area contributed by atoms with E-state index in [4.69, 9.17) is 11.6 Å². The van der Waals surface area contributed by atoms with Gasteiger partial charge in [-0.05, 0) is 46.3 Å². The van der Waals surface area contributed by atoms with E-state index in [9.17, 15) is 0 Å². The average molecular weight is 286 g/mol. The fourth-order valence-electron chi connectivity index (χ4n) is 1.83. The summed E-state index contributed by atoms with van der Waals surface area (Å²) in [6.07, 6.45) is 6.80. The lowest BCUT2D eigenvalue weighted by Crippen LogP contribution is -1.88. The van der Waals surface area contributed by atoms with Crippen LogP contribution in [0.25, 0.3) is 5.65 Å². The number of fused-ring (bicyclic) bond motifs is 1. The summed E-state index contributed by atoms with van der Waals surface area (Å²) >= 11 is 9.33. The molecule has 1 aliphatic carbocycles. The van der Waals surface area contributed by atoms with Crippen molar-refractivity contribution in [3.05, 3.63) is 34.2 Å². The molecule has 0 bridgehead atoms. The van der Waals surface area contributed by atoms with Gasteiger partial charge in [0, 0.05) is 12.4 Å². The Hall–Kier alpha value is -0.540. The summed E-state index contributed by atoms with van der Waals surface area (Å²) in [5.74, 6) is 1.22. The Balaban J connectivity index is 2.20. The monoisotopic (exact) mass is 284 g/mol. The molecule has 15 heavy (non-hydrogen) atoms. The predicted octanol–water partition coefficient (Wildman–Crippen LogP) is 3.71. The summed E-state index contributed by atoms with van der Waals surface area (Å²) in [6.45, 7) is 0. The first-order valence-corrected chi connectivity index (χ1v) is 6.33. The third-order valence-electron chi connectivity index (χ3n) is 2.76. The molecule has 0 amide bonds. The summed E-state index contributed by atoms with van der Waals surface area (Å²) in [7, 11) is 0. The largest absolute Gasteiger partial charge is 0.306 e. The van der Waals surface area contributed by atoms with Crippen molar-refractivity contribution in [2.75, 3.05) is 0 Å². The molecule has 1 aliphatic rings. The van der Waals surface area contributed by atoms with Crippen LogP contribution in [0.15, 0.2) is 22.9 Å². The molecule has 0 radical (unpaired) electrons. The molecule has 0 N–H and O–H groups in total. The molecular weight excluding hydrogens is 275 g/mol. The standard InChI is InChI=1S/C11H10BrClN2/c12-10-3-8(7-1-2-7)5-15-6-9(4-13)14-11(10)15/h3,5-7H,1-2,4H2. The molecule has 1 saturated carbocycles. The van der Waals surface area contributed by atoms with Crippen molar-refractivity contribution in [1.82, 2.24) is 9.38 Å². The van der Waals surface area contributed by atoms with Crippen molar-refractivity contribution < 1.29 is 0 Å². The van der Waals surface area contributed by atoms with E-state index in [0.29, 0.717) is 5.88 Å². The third-order valence-corrected chi connectivity index (χ3v) is 3.62. The van der Waals surface area contributed by atoms with E-state index in [1.165, 1.54) is 18.4 Å². The van der Waals surface area contributed by atoms with Gasteiger partial charge in [0.2, 0.25) is 0 Å². The maximum atomic E-state index is 5.77. The first-order valence-electron chi connectivity index (χ1n) is 5.01. The Morgan fingerprint density at radius 2 is 2.27 bits per heavy atom. The maximum absolute atomic E-state index is 5.77. The summed E-state index contributed by atoms with van der Waals surface area (Å²) in [6, 6.07) is 2.18. The second kappa shape index (κ2) is 3.49. The number of pyridine rings is 1. The zero-order valence-corrected chi connectivity index (χ0v) is 10.4. The van der Waals surface area contributed by atoms with Crippen molar-refractivity contribution in [2.45, 2.75) is 24.6 Å². The Morgan fingerprint density at radius 1 is 1.47 bits per heavy atom. The molecule has 1 fully saturated rings. The van der Waals surface area contributed by atoms with Gasteiger partial charge in [0.1, 0.15) is 0 Å². The number of hydrogen-bond donors (Lipinski definition) is 0. The summed E-state index contributed by atoms with van der Waals surface area (Å²) in [5, 5.41) is 0.